The number of phenols is 2. The van der Waals surface area contributed by atoms with Crippen molar-refractivity contribution >= 4 is 52.5 Å². The number of aromatic hydroxyl groups is 2. The fraction of sp³-hybridized carbons (Fsp3) is 0.314. The van der Waals surface area contributed by atoms with Crippen molar-refractivity contribution < 1.29 is 33.8 Å². The molecular weight excluding hydrogens is 634 g/mol. The highest BCUT2D eigenvalue weighted by atomic mass is 35.5. The predicted octanol–water partition coefficient (Wildman–Crippen LogP) is 6.02. The number of carbonyl (C=O) groups is 4. The molecular formula is C35H29Cl2FN2O6. The Morgan fingerprint density at radius 1 is 0.913 bits per heavy atom. The van der Waals surface area contributed by atoms with Crippen molar-refractivity contribution in [1.29, 1.82) is 0 Å². The smallest absolute Gasteiger partial charge is 0.241 e. The molecule has 11 heteroatoms. The number of nitrogens with zero attached hydrogens (tertiary/aromatic N) is 2. The quantitative estimate of drug-likeness (QED) is 0.255. The zero-order valence-electron chi connectivity index (χ0n) is 24.6. The summed E-state index contributed by atoms with van der Waals surface area (Å²) in [5.41, 5.74) is 0.621. The van der Waals surface area contributed by atoms with E-state index in [0.29, 0.717) is 22.6 Å². The third-order valence-corrected chi connectivity index (χ3v) is 10.9. The molecule has 2 heterocycles. The largest absolute Gasteiger partial charge is 0.508 e. The van der Waals surface area contributed by atoms with Gasteiger partial charge in [-0.05, 0) is 86.2 Å². The van der Waals surface area contributed by atoms with E-state index in [1.807, 2.05) is 6.08 Å². The van der Waals surface area contributed by atoms with Crippen LogP contribution in [0.25, 0.3) is 0 Å². The molecule has 0 unspecified atom stereocenters. The number of phenolic OH excluding ortho intramolecular Hbond substituents is 2. The van der Waals surface area contributed by atoms with Crippen LogP contribution in [0.1, 0.15) is 36.8 Å². The number of halogens is 3. The molecule has 4 aliphatic rings. The van der Waals surface area contributed by atoms with Gasteiger partial charge in [-0.3, -0.25) is 24.1 Å². The first-order valence-electron chi connectivity index (χ1n) is 15.1. The van der Waals surface area contributed by atoms with Crippen LogP contribution in [0.4, 0.5) is 10.1 Å². The monoisotopic (exact) mass is 662 g/mol. The summed E-state index contributed by atoms with van der Waals surface area (Å²) in [6, 6.07) is 14.7. The van der Waals surface area contributed by atoms with Crippen molar-refractivity contribution in [3.8, 4) is 11.5 Å². The van der Waals surface area contributed by atoms with Gasteiger partial charge in [0.25, 0.3) is 0 Å². The van der Waals surface area contributed by atoms with Crippen LogP contribution in [0.2, 0.25) is 10.0 Å². The predicted molar refractivity (Wildman–Crippen MR) is 168 cm³/mol. The lowest BCUT2D eigenvalue weighted by Gasteiger charge is -2.49. The zero-order chi connectivity index (χ0) is 32.7. The first-order valence-corrected chi connectivity index (χ1v) is 15.8. The molecule has 0 bridgehead atoms. The third kappa shape index (κ3) is 4.47. The summed E-state index contributed by atoms with van der Waals surface area (Å²) >= 11 is 12.5. The molecule has 1 saturated carbocycles. The Balaban J connectivity index is 1.30. The second-order valence-electron chi connectivity index (χ2n) is 12.7. The molecule has 0 aromatic heterocycles. The van der Waals surface area contributed by atoms with Crippen LogP contribution in [0, 0.1) is 34.9 Å². The fourth-order valence-corrected chi connectivity index (χ4v) is 8.53. The SMILES string of the molecule is C[C@@]12C(=O)N(c3ccc(F)c(Cl)c3)C(=O)[C@@H]1C[C@@H]1C(=CC[C@@H]3C(=O)N(CCc4ccc(O)cc4)C(=O)[C@@H]31)[C@@H]2c1cc(Cl)ccc1O. The third-order valence-electron chi connectivity index (χ3n) is 10.4. The molecule has 46 heavy (non-hydrogen) atoms. The minimum absolute atomic E-state index is 0.118. The number of allylic oxidation sites excluding steroid dienone is 2. The highest BCUT2D eigenvalue weighted by Gasteiger charge is 2.67. The summed E-state index contributed by atoms with van der Waals surface area (Å²) < 4.78 is 14.1. The van der Waals surface area contributed by atoms with Crippen LogP contribution >= 0.6 is 23.2 Å². The van der Waals surface area contributed by atoms with Gasteiger partial charge in [-0.25, -0.2) is 9.29 Å². The van der Waals surface area contributed by atoms with Gasteiger partial charge in [-0.2, -0.15) is 0 Å². The molecule has 3 aromatic carbocycles. The molecule has 236 valence electrons. The molecule has 0 radical (unpaired) electrons. The van der Waals surface area contributed by atoms with E-state index in [1.54, 1.807) is 37.3 Å². The minimum atomic E-state index is -1.40. The molecule has 3 fully saturated rings. The number of hydrogen-bond donors (Lipinski definition) is 2. The van der Waals surface area contributed by atoms with Crippen LogP contribution in [0.3, 0.4) is 0 Å². The van der Waals surface area contributed by atoms with E-state index in [-0.39, 0.29) is 53.4 Å². The summed E-state index contributed by atoms with van der Waals surface area (Å²) in [5, 5.41) is 20.8. The van der Waals surface area contributed by atoms with Crippen molar-refractivity contribution in [2.24, 2.45) is 29.1 Å². The molecule has 4 amide bonds. The first-order chi connectivity index (χ1) is 21.9. The molecule has 8 nitrogen and oxygen atoms in total. The molecule has 2 aliphatic heterocycles. The summed E-state index contributed by atoms with van der Waals surface area (Å²) in [5.74, 6) is -6.10. The minimum Gasteiger partial charge on any atom is -0.508 e. The zero-order valence-corrected chi connectivity index (χ0v) is 26.1. The number of carbonyl (C=O) groups excluding carboxylic acids is 4. The summed E-state index contributed by atoms with van der Waals surface area (Å²) in [6.07, 6.45) is 2.68. The Hall–Kier alpha value is -4.21. The van der Waals surface area contributed by atoms with E-state index in [0.717, 1.165) is 16.5 Å². The van der Waals surface area contributed by atoms with E-state index in [4.69, 9.17) is 23.2 Å². The van der Waals surface area contributed by atoms with E-state index in [2.05, 4.69) is 0 Å². The first kappa shape index (κ1) is 30.4. The Labute approximate surface area is 274 Å². The fourth-order valence-electron chi connectivity index (χ4n) is 8.18. The van der Waals surface area contributed by atoms with Gasteiger partial charge in [0, 0.05) is 23.0 Å². The normalized spacial score (nSPS) is 28.7. The van der Waals surface area contributed by atoms with Gasteiger partial charge in [0.2, 0.25) is 23.6 Å². The van der Waals surface area contributed by atoms with Crippen LogP contribution in [0.5, 0.6) is 11.5 Å². The number of amides is 4. The maximum absolute atomic E-state index is 14.4. The lowest BCUT2D eigenvalue weighted by Crippen LogP contribution is -2.49. The molecule has 0 spiro atoms. The van der Waals surface area contributed by atoms with Crippen LogP contribution < -0.4 is 4.90 Å². The van der Waals surface area contributed by atoms with E-state index in [1.165, 1.54) is 29.2 Å². The topological polar surface area (TPSA) is 115 Å². The van der Waals surface area contributed by atoms with Gasteiger partial charge in [0.05, 0.1) is 33.9 Å². The van der Waals surface area contributed by atoms with E-state index >= 15 is 0 Å². The number of imide groups is 2. The number of fused-ring (bicyclic) bond motifs is 4. The van der Waals surface area contributed by atoms with E-state index in [9.17, 15) is 33.8 Å². The molecule has 6 atom stereocenters. The molecule has 3 aromatic rings. The number of rotatable bonds is 5. The lowest BCUT2D eigenvalue weighted by atomic mass is 9.51. The second-order valence-corrected chi connectivity index (χ2v) is 13.6. The van der Waals surface area contributed by atoms with Crippen molar-refractivity contribution in [3.05, 3.63) is 99.3 Å². The highest BCUT2D eigenvalue weighted by molar-refractivity contribution is 6.32. The van der Waals surface area contributed by atoms with Crippen LogP contribution in [-0.4, -0.2) is 45.3 Å². The van der Waals surface area contributed by atoms with Crippen molar-refractivity contribution in [2.45, 2.75) is 32.1 Å². The van der Waals surface area contributed by atoms with Crippen molar-refractivity contribution in [2.75, 3.05) is 11.4 Å². The second kappa shape index (κ2) is 11.0. The van der Waals surface area contributed by atoms with Gasteiger partial charge in [-0.15, -0.1) is 0 Å². The summed E-state index contributed by atoms with van der Waals surface area (Å²) in [6.45, 7) is 1.84. The van der Waals surface area contributed by atoms with Crippen molar-refractivity contribution in [1.82, 2.24) is 4.90 Å². The molecule has 2 saturated heterocycles. The number of benzene rings is 3. The Morgan fingerprint density at radius 2 is 1.65 bits per heavy atom. The summed E-state index contributed by atoms with van der Waals surface area (Å²) in [4.78, 5) is 58.7. The Kier molecular flexibility index (Phi) is 7.25. The highest BCUT2D eigenvalue weighted by Crippen LogP contribution is 2.64. The maximum atomic E-state index is 14.4. The van der Waals surface area contributed by atoms with E-state index < -0.39 is 52.6 Å². The van der Waals surface area contributed by atoms with Gasteiger partial charge in [-0.1, -0.05) is 47.0 Å². The maximum Gasteiger partial charge on any atom is 0.241 e. The van der Waals surface area contributed by atoms with Gasteiger partial charge in [0.15, 0.2) is 0 Å². The molecule has 7 rings (SSSR count). The van der Waals surface area contributed by atoms with Crippen LogP contribution in [0.15, 0.2) is 72.3 Å². The number of anilines is 1. The van der Waals surface area contributed by atoms with Crippen molar-refractivity contribution in [3.63, 3.8) is 0 Å². The molecule has 2 N–H and O–H groups in total. The van der Waals surface area contributed by atoms with Gasteiger partial charge < -0.3 is 10.2 Å². The number of likely N-dealkylation sites (tertiary alicyclic amines) is 1. The lowest BCUT2D eigenvalue weighted by molar-refractivity contribution is -0.140. The Morgan fingerprint density at radius 3 is 2.37 bits per heavy atom. The summed E-state index contributed by atoms with van der Waals surface area (Å²) in [7, 11) is 0. The van der Waals surface area contributed by atoms with Gasteiger partial charge >= 0.3 is 0 Å². The molecule has 2 aliphatic carbocycles. The average Bonchev–Trinajstić information content (AvgIpc) is 3.39. The van der Waals surface area contributed by atoms with Gasteiger partial charge in [0.1, 0.15) is 17.3 Å². The standard InChI is InChI=1S/C35H29Cl2FN2O6/c1-35-25(32(44)40(34(35)46)19-5-10-27(38)26(37)15-19)16-23-21(30(35)24-14-18(36)4-11-28(24)42)8-9-22-29(23)33(45)39(31(22)43)13-12-17-2-6-20(41)7-3-17/h2-8,10-11,14-15,22-23,25,29-30,41-42H,9,12-13,16H2,1H3/t22-,23+,25-,29-,30+,35+/m0/s1. The average molecular weight is 664 g/mol. The number of hydrogen-bond acceptors (Lipinski definition) is 6. The Bertz CT molecular complexity index is 1860. The van der Waals surface area contributed by atoms with Crippen LogP contribution in [-0.2, 0) is 25.6 Å².